The summed E-state index contributed by atoms with van der Waals surface area (Å²) in [6, 6.07) is 3.91. The Hall–Kier alpha value is -1.97. The summed E-state index contributed by atoms with van der Waals surface area (Å²) in [6.07, 6.45) is 2.12. The lowest BCUT2D eigenvalue weighted by Crippen LogP contribution is -2.07. The molecule has 4 heteroatoms. The first-order valence-electron chi connectivity index (χ1n) is 5.96. The van der Waals surface area contributed by atoms with Crippen LogP contribution in [0.1, 0.15) is 18.1 Å². The van der Waals surface area contributed by atoms with Gasteiger partial charge in [-0.15, -0.1) is 0 Å². The number of aryl methyl sites for hydroxylation is 1. The first-order valence-corrected chi connectivity index (χ1v) is 5.96. The number of ether oxygens (including phenoxy) is 2. The van der Waals surface area contributed by atoms with Gasteiger partial charge in [0.15, 0.2) is 0 Å². The second kappa shape index (κ2) is 5.12. The molecule has 1 N–H and O–H groups in total. The van der Waals surface area contributed by atoms with E-state index in [2.05, 4.69) is 4.98 Å². The van der Waals surface area contributed by atoms with Crippen LogP contribution < -0.4 is 4.74 Å². The molecule has 0 atom stereocenters. The monoisotopic (exact) mass is 247 g/mol. The van der Waals surface area contributed by atoms with Gasteiger partial charge in [0.25, 0.3) is 0 Å². The van der Waals surface area contributed by atoms with Crippen molar-refractivity contribution in [2.75, 3.05) is 13.7 Å². The molecule has 0 amide bonds. The number of methoxy groups -OCH3 is 1. The Morgan fingerprint density at radius 3 is 2.83 bits per heavy atom. The van der Waals surface area contributed by atoms with Gasteiger partial charge in [-0.1, -0.05) is 6.07 Å². The Morgan fingerprint density at radius 1 is 1.39 bits per heavy atom. The molecule has 0 unspecified atom stereocenters. The summed E-state index contributed by atoms with van der Waals surface area (Å²) in [7, 11) is 1.63. The van der Waals surface area contributed by atoms with Crippen molar-refractivity contribution in [1.29, 1.82) is 0 Å². The molecule has 2 aromatic rings. The van der Waals surface area contributed by atoms with Crippen molar-refractivity contribution in [3.05, 3.63) is 29.5 Å². The lowest BCUT2D eigenvalue weighted by atomic mass is 10.0. The first kappa shape index (κ1) is 12.5. The molecule has 0 saturated heterocycles. The molecule has 96 valence electrons. The van der Waals surface area contributed by atoms with E-state index < -0.39 is 0 Å². The van der Waals surface area contributed by atoms with Gasteiger partial charge in [0.1, 0.15) is 5.75 Å². The molecule has 0 aliphatic heterocycles. The summed E-state index contributed by atoms with van der Waals surface area (Å²) in [5.41, 5.74) is 2.99. The predicted octanol–water partition coefficient (Wildman–Crippen LogP) is 2.59. The number of benzene rings is 1. The Bertz CT molecular complexity index is 572. The molecule has 0 aliphatic carbocycles. The third-order valence-corrected chi connectivity index (χ3v) is 2.95. The van der Waals surface area contributed by atoms with Crippen LogP contribution in [0.2, 0.25) is 0 Å². The van der Waals surface area contributed by atoms with Crippen molar-refractivity contribution in [2.24, 2.45) is 0 Å². The number of carbonyl (C=O) groups excluding carboxylic acids is 1. The molecular formula is C14H17NO3. The largest absolute Gasteiger partial charge is 0.495 e. The Balaban J connectivity index is 2.43. The number of aromatic amines is 1. The zero-order valence-corrected chi connectivity index (χ0v) is 10.9. The smallest absolute Gasteiger partial charge is 0.310 e. The van der Waals surface area contributed by atoms with E-state index in [1.165, 1.54) is 0 Å². The normalized spacial score (nSPS) is 10.6. The topological polar surface area (TPSA) is 51.3 Å². The minimum Gasteiger partial charge on any atom is -0.495 e. The van der Waals surface area contributed by atoms with Crippen LogP contribution in [-0.2, 0) is 16.0 Å². The fraction of sp³-hybridized carbons (Fsp3) is 0.357. The molecule has 18 heavy (non-hydrogen) atoms. The Kier molecular flexibility index (Phi) is 3.55. The summed E-state index contributed by atoms with van der Waals surface area (Å²) in [4.78, 5) is 14.7. The molecular weight excluding hydrogens is 230 g/mol. The van der Waals surface area contributed by atoms with Gasteiger partial charge in [0.2, 0.25) is 0 Å². The van der Waals surface area contributed by atoms with E-state index in [9.17, 15) is 4.79 Å². The van der Waals surface area contributed by atoms with Crippen molar-refractivity contribution >= 4 is 16.9 Å². The fourth-order valence-corrected chi connectivity index (χ4v) is 2.15. The molecule has 1 aromatic carbocycles. The standard InChI is InChI=1S/C14H17NO3/c1-4-18-12(16)7-10-8-15-14-11(17-3)6-5-9(2)13(10)14/h5-6,8,15H,4,7H2,1-3H3. The average molecular weight is 247 g/mol. The number of esters is 1. The highest BCUT2D eigenvalue weighted by atomic mass is 16.5. The summed E-state index contributed by atoms with van der Waals surface area (Å²) in [5.74, 6) is 0.575. The molecule has 0 fully saturated rings. The van der Waals surface area contributed by atoms with Crippen LogP contribution in [0, 0.1) is 6.92 Å². The van der Waals surface area contributed by atoms with E-state index in [4.69, 9.17) is 9.47 Å². The SMILES string of the molecule is CCOC(=O)Cc1c[nH]c2c(OC)ccc(C)c12. The molecule has 0 aliphatic rings. The number of fused-ring (bicyclic) bond motifs is 1. The molecule has 1 heterocycles. The summed E-state index contributed by atoms with van der Waals surface area (Å²) in [6.45, 7) is 4.23. The lowest BCUT2D eigenvalue weighted by molar-refractivity contribution is -0.142. The quantitative estimate of drug-likeness (QED) is 0.845. The van der Waals surface area contributed by atoms with Gasteiger partial charge in [-0.3, -0.25) is 4.79 Å². The summed E-state index contributed by atoms with van der Waals surface area (Å²) in [5, 5.41) is 1.04. The second-order valence-corrected chi connectivity index (χ2v) is 4.13. The van der Waals surface area contributed by atoms with Crippen molar-refractivity contribution in [1.82, 2.24) is 4.98 Å². The van der Waals surface area contributed by atoms with E-state index in [0.717, 1.165) is 27.8 Å². The minimum atomic E-state index is -0.208. The summed E-state index contributed by atoms with van der Waals surface area (Å²) < 4.78 is 10.3. The molecule has 0 radical (unpaired) electrons. The average Bonchev–Trinajstić information content (AvgIpc) is 2.75. The number of rotatable bonds is 4. The van der Waals surface area contributed by atoms with Gasteiger partial charge in [0.05, 0.1) is 25.7 Å². The van der Waals surface area contributed by atoms with Gasteiger partial charge in [0, 0.05) is 11.6 Å². The van der Waals surface area contributed by atoms with Gasteiger partial charge in [-0.25, -0.2) is 0 Å². The van der Waals surface area contributed by atoms with Crippen molar-refractivity contribution < 1.29 is 14.3 Å². The zero-order valence-electron chi connectivity index (χ0n) is 10.9. The van der Waals surface area contributed by atoms with E-state index in [0.29, 0.717) is 6.61 Å². The van der Waals surface area contributed by atoms with Gasteiger partial charge in [-0.2, -0.15) is 0 Å². The molecule has 0 saturated carbocycles. The van der Waals surface area contributed by atoms with Gasteiger partial charge >= 0.3 is 5.97 Å². The predicted molar refractivity (Wildman–Crippen MR) is 69.9 cm³/mol. The van der Waals surface area contributed by atoms with Crippen molar-refractivity contribution in [3.63, 3.8) is 0 Å². The van der Waals surface area contributed by atoms with Crippen LogP contribution in [0.5, 0.6) is 5.75 Å². The van der Waals surface area contributed by atoms with Crippen LogP contribution in [0.15, 0.2) is 18.3 Å². The molecule has 4 nitrogen and oxygen atoms in total. The van der Waals surface area contributed by atoms with Gasteiger partial charge < -0.3 is 14.5 Å². The summed E-state index contributed by atoms with van der Waals surface area (Å²) >= 11 is 0. The number of hydrogen-bond acceptors (Lipinski definition) is 3. The highest BCUT2D eigenvalue weighted by Gasteiger charge is 2.13. The van der Waals surface area contributed by atoms with Crippen molar-refractivity contribution in [3.8, 4) is 5.75 Å². The number of H-pyrrole nitrogens is 1. The maximum absolute atomic E-state index is 11.6. The third kappa shape index (κ3) is 2.18. The lowest BCUT2D eigenvalue weighted by Gasteiger charge is -2.05. The Labute approximate surface area is 106 Å². The second-order valence-electron chi connectivity index (χ2n) is 4.13. The fourth-order valence-electron chi connectivity index (χ4n) is 2.15. The van der Waals surface area contributed by atoms with E-state index >= 15 is 0 Å². The number of nitrogens with one attached hydrogen (secondary N) is 1. The van der Waals surface area contributed by atoms with Crippen LogP contribution in [0.3, 0.4) is 0 Å². The number of carbonyl (C=O) groups is 1. The highest BCUT2D eigenvalue weighted by Crippen LogP contribution is 2.30. The van der Waals surface area contributed by atoms with Crippen LogP contribution in [-0.4, -0.2) is 24.7 Å². The van der Waals surface area contributed by atoms with Crippen LogP contribution in [0.4, 0.5) is 0 Å². The van der Waals surface area contributed by atoms with Crippen LogP contribution >= 0.6 is 0 Å². The van der Waals surface area contributed by atoms with Crippen LogP contribution in [0.25, 0.3) is 10.9 Å². The van der Waals surface area contributed by atoms with E-state index in [-0.39, 0.29) is 12.4 Å². The maximum atomic E-state index is 11.6. The number of hydrogen-bond donors (Lipinski definition) is 1. The maximum Gasteiger partial charge on any atom is 0.310 e. The van der Waals surface area contributed by atoms with E-state index in [1.807, 2.05) is 25.3 Å². The van der Waals surface area contributed by atoms with Crippen molar-refractivity contribution in [2.45, 2.75) is 20.3 Å². The van der Waals surface area contributed by atoms with E-state index in [1.54, 1.807) is 14.0 Å². The van der Waals surface area contributed by atoms with Gasteiger partial charge in [-0.05, 0) is 31.0 Å². The highest BCUT2D eigenvalue weighted by molar-refractivity contribution is 5.93. The molecule has 1 aromatic heterocycles. The molecule has 0 bridgehead atoms. The first-order chi connectivity index (χ1) is 8.67. The third-order valence-electron chi connectivity index (χ3n) is 2.95. The molecule has 2 rings (SSSR count). The molecule has 0 spiro atoms. The zero-order chi connectivity index (χ0) is 13.1. The Morgan fingerprint density at radius 2 is 2.17 bits per heavy atom. The number of aromatic nitrogens is 1. The minimum absolute atomic E-state index is 0.208.